The number of nitrogens with zero attached hydrogens (tertiary/aromatic N) is 2. The predicted molar refractivity (Wildman–Crippen MR) is 76.3 cm³/mol. The van der Waals surface area contributed by atoms with E-state index in [1.54, 1.807) is 31.2 Å². The molecule has 0 N–H and O–H groups in total. The minimum atomic E-state index is -0.553. The number of hydrogen-bond donors (Lipinski definition) is 0. The zero-order valence-electron chi connectivity index (χ0n) is 11.8. The maximum atomic E-state index is 12.4. The molecule has 0 aromatic heterocycles. The fourth-order valence-electron chi connectivity index (χ4n) is 2.45. The van der Waals surface area contributed by atoms with Gasteiger partial charge in [0.05, 0.1) is 5.56 Å². The van der Waals surface area contributed by atoms with E-state index >= 15 is 0 Å². The molecule has 106 valence electrons. The smallest absolute Gasteiger partial charge is 0.263 e. The molecule has 1 fully saturated rings. The molecule has 1 atom stereocenters. The maximum absolute atomic E-state index is 12.4. The fraction of sp³-hybridized carbons (Fsp3) is 0.500. The van der Waals surface area contributed by atoms with Crippen LogP contribution in [-0.2, 0) is 4.79 Å². The first kappa shape index (κ1) is 14.4. The molecule has 4 nitrogen and oxygen atoms in total. The number of hydrogen-bond acceptors (Lipinski definition) is 3. The summed E-state index contributed by atoms with van der Waals surface area (Å²) in [6, 6.07) is 9.09. The Bertz CT molecular complexity index is 499. The molecule has 1 aromatic rings. The molecule has 4 heteroatoms. The third-order valence-electron chi connectivity index (χ3n) is 3.58. The lowest BCUT2D eigenvalue weighted by atomic mass is 10.2. The van der Waals surface area contributed by atoms with Crippen molar-refractivity contribution >= 4 is 5.91 Å². The minimum Gasteiger partial charge on any atom is -0.480 e. The van der Waals surface area contributed by atoms with Gasteiger partial charge in [0.15, 0.2) is 6.10 Å². The Hall–Kier alpha value is -2.02. The molecule has 1 aliphatic heterocycles. The molecule has 0 spiro atoms. The third-order valence-corrected chi connectivity index (χ3v) is 3.58. The van der Waals surface area contributed by atoms with Gasteiger partial charge < -0.3 is 9.64 Å². The summed E-state index contributed by atoms with van der Waals surface area (Å²) in [4.78, 5) is 14.3. The zero-order valence-corrected chi connectivity index (χ0v) is 11.8. The van der Waals surface area contributed by atoms with Crippen molar-refractivity contribution in [1.82, 2.24) is 4.90 Å². The average Bonchev–Trinajstić information content (AvgIpc) is 2.76. The second-order valence-electron chi connectivity index (χ2n) is 5.11. The Kier molecular flexibility index (Phi) is 5.00. The monoisotopic (exact) mass is 272 g/mol. The predicted octanol–water partition coefficient (Wildman–Crippen LogP) is 2.73. The molecule has 1 aromatic carbocycles. The van der Waals surface area contributed by atoms with E-state index in [0.717, 1.165) is 25.9 Å². The molecule has 1 saturated heterocycles. The number of carbonyl (C=O) groups excluding carboxylic acids is 1. The minimum absolute atomic E-state index is 0.0136. The van der Waals surface area contributed by atoms with Gasteiger partial charge in [-0.1, -0.05) is 25.0 Å². The molecule has 1 aliphatic rings. The summed E-state index contributed by atoms with van der Waals surface area (Å²) < 4.78 is 5.68. The summed E-state index contributed by atoms with van der Waals surface area (Å²) in [6.07, 6.45) is 3.95. The van der Waals surface area contributed by atoms with Gasteiger partial charge >= 0.3 is 0 Å². The van der Waals surface area contributed by atoms with Crippen molar-refractivity contribution in [2.24, 2.45) is 0 Å². The Labute approximate surface area is 120 Å². The molecule has 1 unspecified atom stereocenters. The Morgan fingerprint density at radius 3 is 2.55 bits per heavy atom. The average molecular weight is 272 g/mol. The van der Waals surface area contributed by atoms with Crippen LogP contribution in [0.5, 0.6) is 5.75 Å². The number of nitriles is 1. The van der Waals surface area contributed by atoms with Gasteiger partial charge in [-0.3, -0.25) is 4.79 Å². The first-order valence-electron chi connectivity index (χ1n) is 7.17. The summed E-state index contributed by atoms with van der Waals surface area (Å²) in [7, 11) is 0. The number of amides is 1. The number of ether oxygens (including phenoxy) is 1. The molecule has 0 saturated carbocycles. The Morgan fingerprint density at radius 1 is 1.25 bits per heavy atom. The Balaban J connectivity index is 2.01. The highest BCUT2D eigenvalue weighted by Crippen LogP contribution is 2.19. The first-order valence-corrected chi connectivity index (χ1v) is 7.17. The third kappa shape index (κ3) is 3.51. The van der Waals surface area contributed by atoms with Crippen molar-refractivity contribution in [2.45, 2.75) is 38.7 Å². The van der Waals surface area contributed by atoms with Crippen LogP contribution in [0.15, 0.2) is 24.3 Å². The lowest BCUT2D eigenvalue weighted by Gasteiger charge is -2.24. The van der Waals surface area contributed by atoms with E-state index in [9.17, 15) is 4.79 Å². The van der Waals surface area contributed by atoms with Crippen molar-refractivity contribution in [3.8, 4) is 11.8 Å². The molecule has 1 heterocycles. The number of rotatable bonds is 3. The van der Waals surface area contributed by atoms with E-state index in [-0.39, 0.29) is 5.91 Å². The van der Waals surface area contributed by atoms with Crippen molar-refractivity contribution < 1.29 is 9.53 Å². The van der Waals surface area contributed by atoms with Crippen LogP contribution in [0, 0.1) is 11.3 Å². The largest absolute Gasteiger partial charge is 0.480 e. The highest BCUT2D eigenvalue weighted by molar-refractivity contribution is 5.81. The van der Waals surface area contributed by atoms with Crippen LogP contribution in [-0.4, -0.2) is 30.0 Å². The van der Waals surface area contributed by atoms with Crippen LogP contribution in [0.25, 0.3) is 0 Å². The van der Waals surface area contributed by atoms with Gasteiger partial charge in [0, 0.05) is 13.1 Å². The zero-order chi connectivity index (χ0) is 14.4. The maximum Gasteiger partial charge on any atom is 0.263 e. The van der Waals surface area contributed by atoms with Crippen molar-refractivity contribution in [3.63, 3.8) is 0 Å². The quantitative estimate of drug-likeness (QED) is 0.850. The van der Waals surface area contributed by atoms with Crippen molar-refractivity contribution in [3.05, 3.63) is 29.8 Å². The molecule has 0 bridgehead atoms. The van der Waals surface area contributed by atoms with E-state index in [2.05, 4.69) is 6.07 Å². The summed E-state index contributed by atoms with van der Waals surface area (Å²) in [6.45, 7) is 3.38. The van der Waals surface area contributed by atoms with E-state index < -0.39 is 6.10 Å². The van der Waals surface area contributed by atoms with Gasteiger partial charge in [-0.2, -0.15) is 5.26 Å². The summed E-state index contributed by atoms with van der Waals surface area (Å²) in [5, 5.41) is 9.03. The summed E-state index contributed by atoms with van der Waals surface area (Å²) >= 11 is 0. The summed E-state index contributed by atoms with van der Waals surface area (Å²) in [5.41, 5.74) is 0.461. The van der Waals surface area contributed by atoms with Crippen LogP contribution in [0.2, 0.25) is 0 Å². The number of carbonyl (C=O) groups is 1. The molecule has 0 radical (unpaired) electrons. The topological polar surface area (TPSA) is 53.3 Å². The van der Waals surface area contributed by atoms with Gasteiger partial charge in [0.1, 0.15) is 11.8 Å². The number of para-hydroxylation sites is 1. The lowest BCUT2D eigenvalue weighted by molar-refractivity contribution is -0.137. The number of likely N-dealkylation sites (tertiary alicyclic amines) is 1. The van der Waals surface area contributed by atoms with Crippen LogP contribution in [0.4, 0.5) is 0 Å². The van der Waals surface area contributed by atoms with Gasteiger partial charge in [-0.05, 0) is 31.9 Å². The van der Waals surface area contributed by atoms with Gasteiger partial charge in [-0.25, -0.2) is 0 Å². The van der Waals surface area contributed by atoms with Crippen molar-refractivity contribution in [1.29, 1.82) is 5.26 Å². The molecular formula is C16H20N2O2. The molecule has 0 aliphatic carbocycles. The second-order valence-corrected chi connectivity index (χ2v) is 5.11. The SMILES string of the molecule is CC(Oc1ccccc1C#N)C(=O)N1CCCCCC1. The summed E-state index contributed by atoms with van der Waals surface area (Å²) in [5.74, 6) is 0.491. The molecule has 20 heavy (non-hydrogen) atoms. The highest BCUT2D eigenvalue weighted by atomic mass is 16.5. The van der Waals surface area contributed by atoms with Gasteiger partial charge in [0.25, 0.3) is 5.91 Å². The van der Waals surface area contributed by atoms with E-state index in [1.165, 1.54) is 12.8 Å². The van der Waals surface area contributed by atoms with Crippen LogP contribution in [0.3, 0.4) is 0 Å². The lowest BCUT2D eigenvalue weighted by Crippen LogP contribution is -2.41. The Morgan fingerprint density at radius 2 is 1.90 bits per heavy atom. The molecule has 2 rings (SSSR count). The van der Waals surface area contributed by atoms with Crippen LogP contribution >= 0.6 is 0 Å². The molecular weight excluding hydrogens is 252 g/mol. The first-order chi connectivity index (χ1) is 9.72. The number of benzene rings is 1. The molecule has 1 amide bonds. The van der Waals surface area contributed by atoms with E-state index in [4.69, 9.17) is 10.00 Å². The standard InChI is InChI=1S/C16H20N2O2/c1-13(16(19)18-10-6-2-3-7-11-18)20-15-9-5-4-8-14(15)12-17/h4-5,8-9,13H,2-3,6-7,10-11H2,1H3. The van der Waals surface area contributed by atoms with E-state index in [1.807, 2.05) is 4.90 Å². The second kappa shape index (κ2) is 6.95. The van der Waals surface area contributed by atoms with Crippen molar-refractivity contribution in [2.75, 3.05) is 13.1 Å². The normalized spacial score (nSPS) is 16.9. The fourth-order valence-corrected chi connectivity index (χ4v) is 2.45. The van der Waals surface area contributed by atoms with Crippen LogP contribution < -0.4 is 4.74 Å². The van der Waals surface area contributed by atoms with Gasteiger partial charge in [-0.15, -0.1) is 0 Å². The highest BCUT2D eigenvalue weighted by Gasteiger charge is 2.23. The van der Waals surface area contributed by atoms with E-state index in [0.29, 0.717) is 11.3 Å². The van der Waals surface area contributed by atoms with Crippen LogP contribution in [0.1, 0.15) is 38.2 Å². The van der Waals surface area contributed by atoms with Gasteiger partial charge in [0.2, 0.25) is 0 Å².